The van der Waals surface area contributed by atoms with E-state index in [2.05, 4.69) is 33.8 Å². The fourth-order valence-electron chi connectivity index (χ4n) is 2.74. The Hall–Kier alpha value is -1.67. The van der Waals surface area contributed by atoms with Crippen LogP contribution in [-0.4, -0.2) is 0 Å². The zero-order chi connectivity index (χ0) is 15.0. The van der Waals surface area contributed by atoms with Crippen LogP contribution in [0.4, 0.5) is 4.39 Å². The minimum absolute atomic E-state index is 0.185. The molecule has 0 aromatic heterocycles. The Kier molecular flexibility index (Phi) is 3.96. The van der Waals surface area contributed by atoms with Crippen molar-refractivity contribution in [2.45, 2.75) is 40.7 Å². The van der Waals surface area contributed by atoms with Crippen molar-refractivity contribution >= 4 is 0 Å². The van der Waals surface area contributed by atoms with E-state index in [9.17, 15) is 4.39 Å². The third-order valence-corrected chi connectivity index (χ3v) is 4.28. The zero-order valence-electron chi connectivity index (χ0n) is 12.8. The average Bonchev–Trinajstić information content (AvgIpc) is 2.40. The highest BCUT2D eigenvalue weighted by atomic mass is 19.1. The van der Waals surface area contributed by atoms with Crippen LogP contribution in [0.5, 0.6) is 0 Å². The maximum absolute atomic E-state index is 13.4. The van der Waals surface area contributed by atoms with Crippen molar-refractivity contribution in [2.75, 3.05) is 0 Å². The van der Waals surface area contributed by atoms with Gasteiger partial charge in [-0.2, -0.15) is 0 Å². The van der Waals surface area contributed by atoms with E-state index in [0.29, 0.717) is 5.56 Å². The fraction of sp³-hybridized carbons (Fsp3) is 0.333. The number of aryl methyl sites for hydroxylation is 3. The minimum atomic E-state index is -0.215. The molecule has 2 N–H and O–H groups in total. The maximum Gasteiger partial charge on any atom is 0.126 e. The molecule has 20 heavy (non-hydrogen) atoms. The van der Waals surface area contributed by atoms with Gasteiger partial charge in [0.15, 0.2) is 0 Å². The summed E-state index contributed by atoms with van der Waals surface area (Å²) in [6, 6.07) is 7.10. The number of rotatable bonds is 2. The van der Waals surface area contributed by atoms with Gasteiger partial charge in [-0.25, -0.2) is 4.39 Å². The average molecular weight is 271 g/mol. The molecule has 0 amide bonds. The van der Waals surface area contributed by atoms with Gasteiger partial charge in [-0.15, -0.1) is 0 Å². The Morgan fingerprint density at radius 3 is 1.90 bits per heavy atom. The van der Waals surface area contributed by atoms with E-state index in [1.165, 1.54) is 28.3 Å². The lowest BCUT2D eigenvalue weighted by molar-refractivity contribution is 0.616. The summed E-state index contributed by atoms with van der Waals surface area (Å²) in [4.78, 5) is 0. The highest BCUT2D eigenvalue weighted by molar-refractivity contribution is 5.49. The molecule has 2 rings (SSSR count). The monoisotopic (exact) mass is 271 g/mol. The van der Waals surface area contributed by atoms with Gasteiger partial charge in [-0.3, -0.25) is 0 Å². The molecule has 2 heteroatoms. The van der Waals surface area contributed by atoms with Gasteiger partial charge in [-0.1, -0.05) is 18.2 Å². The molecule has 0 aliphatic heterocycles. The molecule has 0 heterocycles. The lowest BCUT2D eigenvalue weighted by atomic mass is 9.87. The van der Waals surface area contributed by atoms with Crippen LogP contribution < -0.4 is 5.73 Å². The summed E-state index contributed by atoms with van der Waals surface area (Å²) in [5, 5.41) is 0. The molecule has 106 valence electrons. The summed E-state index contributed by atoms with van der Waals surface area (Å²) >= 11 is 0. The Balaban J connectivity index is 2.58. The molecular formula is C18H22FN. The van der Waals surface area contributed by atoms with Gasteiger partial charge in [0.05, 0.1) is 6.04 Å². The van der Waals surface area contributed by atoms with Crippen LogP contribution in [-0.2, 0) is 0 Å². The first-order chi connectivity index (χ1) is 9.32. The number of benzene rings is 2. The summed E-state index contributed by atoms with van der Waals surface area (Å²) in [5.74, 6) is -0.185. The van der Waals surface area contributed by atoms with E-state index in [0.717, 1.165) is 11.1 Å². The number of hydrogen-bond donors (Lipinski definition) is 1. The fourth-order valence-corrected chi connectivity index (χ4v) is 2.74. The van der Waals surface area contributed by atoms with Gasteiger partial charge in [0.25, 0.3) is 0 Å². The van der Waals surface area contributed by atoms with Gasteiger partial charge < -0.3 is 5.73 Å². The second-order valence-corrected chi connectivity index (χ2v) is 5.66. The van der Waals surface area contributed by atoms with Crippen molar-refractivity contribution < 1.29 is 4.39 Å². The Bertz CT molecular complexity index is 633. The molecule has 1 nitrogen and oxygen atoms in total. The predicted molar refractivity (Wildman–Crippen MR) is 82.6 cm³/mol. The Morgan fingerprint density at radius 1 is 0.850 bits per heavy atom. The van der Waals surface area contributed by atoms with Crippen LogP contribution in [0.15, 0.2) is 24.3 Å². The van der Waals surface area contributed by atoms with Crippen LogP contribution in [0.25, 0.3) is 0 Å². The Labute approximate surface area is 120 Å². The molecule has 0 aliphatic rings. The molecule has 0 saturated carbocycles. The van der Waals surface area contributed by atoms with E-state index in [1.807, 2.05) is 6.07 Å². The van der Waals surface area contributed by atoms with Crippen molar-refractivity contribution in [3.05, 3.63) is 69.0 Å². The number of nitrogens with two attached hydrogens (primary N) is 1. The van der Waals surface area contributed by atoms with E-state index >= 15 is 0 Å². The SMILES string of the molecule is Cc1cc(C(N)c2c(C)c(C)cc(C)c2C)ccc1F. The first kappa shape index (κ1) is 14.7. The lowest BCUT2D eigenvalue weighted by Crippen LogP contribution is -2.16. The van der Waals surface area contributed by atoms with Gasteiger partial charge in [0.2, 0.25) is 0 Å². The standard InChI is InChI=1S/C18H22FN/c1-10-8-11(2)14(5)17(13(10)4)18(20)15-6-7-16(19)12(3)9-15/h6-9,18H,20H2,1-5H3. The van der Waals surface area contributed by atoms with Crippen LogP contribution in [0.3, 0.4) is 0 Å². The summed E-state index contributed by atoms with van der Waals surface area (Å²) in [6.45, 7) is 10.2. The molecule has 2 aromatic rings. The molecule has 0 saturated heterocycles. The lowest BCUT2D eigenvalue weighted by Gasteiger charge is -2.22. The minimum Gasteiger partial charge on any atom is -0.320 e. The van der Waals surface area contributed by atoms with Crippen molar-refractivity contribution in [1.82, 2.24) is 0 Å². The van der Waals surface area contributed by atoms with Crippen LogP contribution in [0.1, 0.15) is 45.0 Å². The summed E-state index contributed by atoms with van der Waals surface area (Å²) in [5.41, 5.74) is 14.2. The molecule has 0 fully saturated rings. The molecule has 0 aliphatic carbocycles. The van der Waals surface area contributed by atoms with E-state index in [-0.39, 0.29) is 11.9 Å². The summed E-state index contributed by atoms with van der Waals surface area (Å²) < 4.78 is 13.4. The second-order valence-electron chi connectivity index (χ2n) is 5.66. The maximum atomic E-state index is 13.4. The quantitative estimate of drug-likeness (QED) is 0.860. The van der Waals surface area contributed by atoms with Gasteiger partial charge in [-0.05, 0) is 79.6 Å². The van der Waals surface area contributed by atoms with Crippen molar-refractivity contribution in [3.8, 4) is 0 Å². The number of halogens is 1. The van der Waals surface area contributed by atoms with Crippen LogP contribution in [0, 0.1) is 40.4 Å². The van der Waals surface area contributed by atoms with Crippen LogP contribution >= 0.6 is 0 Å². The topological polar surface area (TPSA) is 26.0 Å². The molecular weight excluding hydrogens is 249 g/mol. The molecule has 1 unspecified atom stereocenters. The van der Waals surface area contributed by atoms with Crippen molar-refractivity contribution in [1.29, 1.82) is 0 Å². The van der Waals surface area contributed by atoms with Gasteiger partial charge in [0, 0.05) is 0 Å². The Morgan fingerprint density at radius 2 is 1.40 bits per heavy atom. The zero-order valence-corrected chi connectivity index (χ0v) is 12.8. The molecule has 0 bridgehead atoms. The highest BCUT2D eigenvalue weighted by Crippen LogP contribution is 2.30. The second kappa shape index (κ2) is 5.37. The third kappa shape index (κ3) is 2.48. The summed E-state index contributed by atoms with van der Waals surface area (Å²) in [7, 11) is 0. The predicted octanol–water partition coefficient (Wildman–Crippen LogP) is 4.42. The van der Waals surface area contributed by atoms with E-state index < -0.39 is 0 Å². The van der Waals surface area contributed by atoms with Crippen molar-refractivity contribution in [3.63, 3.8) is 0 Å². The largest absolute Gasteiger partial charge is 0.320 e. The normalized spacial score (nSPS) is 12.6. The van der Waals surface area contributed by atoms with E-state index in [4.69, 9.17) is 5.73 Å². The third-order valence-electron chi connectivity index (χ3n) is 4.28. The highest BCUT2D eigenvalue weighted by Gasteiger charge is 2.17. The van der Waals surface area contributed by atoms with Gasteiger partial charge in [0.1, 0.15) is 5.82 Å². The molecule has 1 atom stereocenters. The molecule has 0 spiro atoms. The van der Waals surface area contributed by atoms with Gasteiger partial charge >= 0.3 is 0 Å². The number of hydrogen-bond acceptors (Lipinski definition) is 1. The molecule has 2 aromatic carbocycles. The smallest absolute Gasteiger partial charge is 0.126 e. The van der Waals surface area contributed by atoms with Crippen molar-refractivity contribution in [2.24, 2.45) is 5.73 Å². The molecule has 0 radical (unpaired) electrons. The van der Waals surface area contributed by atoms with E-state index in [1.54, 1.807) is 13.0 Å². The first-order valence-corrected chi connectivity index (χ1v) is 6.92. The van der Waals surface area contributed by atoms with Crippen LogP contribution in [0.2, 0.25) is 0 Å². The first-order valence-electron chi connectivity index (χ1n) is 6.92. The summed E-state index contributed by atoms with van der Waals surface area (Å²) in [6.07, 6.45) is 0.